The van der Waals surface area contributed by atoms with E-state index in [4.69, 9.17) is 0 Å². The number of hydrogen-bond donors (Lipinski definition) is 4. The first-order chi connectivity index (χ1) is 31.4. The van der Waals surface area contributed by atoms with E-state index >= 15 is 0 Å². The van der Waals surface area contributed by atoms with E-state index in [0.717, 1.165) is 35.1 Å². The molecule has 4 N–H and O–H groups in total. The minimum atomic E-state index is -1.55. The summed E-state index contributed by atoms with van der Waals surface area (Å²) < 4.78 is 0. The van der Waals surface area contributed by atoms with Crippen molar-refractivity contribution >= 4 is 51.3 Å². The molecule has 6 aromatic rings. The summed E-state index contributed by atoms with van der Waals surface area (Å²) in [5, 5.41) is 26.9. The lowest BCUT2D eigenvalue weighted by Gasteiger charge is -2.29. The zero-order valence-electron chi connectivity index (χ0n) is 38.2. The second-order valence-electron chi connectivity index (χ2n) is 18.9. The zero-order chi connectivity index (χ0) is 47.2. The number of benzene rings is 6. The van der Waals surface area contributed by atoms with Crippen LogP contribution >= 0.6 is 0 Å². The summed E-state index contributed by atoms with van der Waals surface area (Å²) in [5.41, 5.74) is 15.2. The maximum Gasteiger partial charge on any atom is 0.336 e. The third kappa shape index (κ3) is 11.5. The number of rotatable bonds is 10. The van der Waals surface area contributed by atoms with Crippen molar-refractivity contribution in [1.29, 1.82) is 0 Å². The summed E-state index contributed by atoms with van der Waals surface area (Å²) in [7, 11) is -3.10. The van der Waals surface area contributed by atoms with Crippen LogP contribution in [0, 0.1) is 34.8 Å². The van der Waals surface area contributed by atoms with E-state index in [2.05, 4.69) is 72.8 Å². The van der Waals surface area contributed by atoms with Gasteiger partial charge >= 0.3 is 11.9 Å². The third-order valence-electron chi connectivity index (χ3n) is 11.5. The van der Waals surface area contributed by atoms with Crippen LogP contribution in [0.25, 0.3) is 44.5 Å². The quantitative estimate of drug-likeness (QED) is 0.0799. The van der Waals surface area contributed by atoms with Gasteiger partial charge in [0.25, 0.3) is 0 Å². The van der Waals surface area contributed by atoms with Gasteiger partial charge in [-0.05, 0) is 106 Å². The minimum absolute atomic E-state index is 0.181. The van der Waals surface area contributed by atoms with Gasteiger partial charge in [0.1, 0.15) is 16.1 Å². The van der Waals surface area contributed by atoms with Gasteiger partial charge in [-0.15, -0.1) is 11.1 Å². The zero-order valence-corrected chi connectivity index (χ0v) is 40.2. The highest BCUT2D eigenvalue weighted by Crippen LogP contribution is 2.37. The van der Waals surface area contributed by atoms with Gasteiger partial charge in [-0.25, -0.2) is 9.59 Å². The van der Waals surface area contributed by atoms with Crippen LogP contribution in [0.1, 0.15) is 57.5 Å². The topological polar surface area (TPSA) is 133 Å². The molecule has 0 heterocycles. The number of nitrogens with one attached hydrogen (secondary N) is 2. The molecule has 0 spiro atoms. The van der Waals surface area contributed by atoms with Crippen molar-refractivity contribution in [3.63, 3.8) is 0 Å². The van der Waals surface area contributed by atoms with Gasteiger partial charge in [-0.2, -0.15) is 0 Å². The van der Waals surface area contributed by atoms with Crippen molar-refractivity contribution in [2.24, 2.45) is 11.8 Å². The Morgan fingerprint density at radius 1 is 0.455 bits per heavy atom. The summed E-state index contributed by atoms with van der Waals surface area (Å²) >= 11 is 0. The van der Waals surface area contributed by atoms with Crippen LogP contribution in [0.3, 0.4) is 0 Å². The van der Waals surface area contributed by atoms with Gasteiger partial charge in [0.15, 0.2) is 0 Å². The maximum atomic E-state index is 13.8. The normalized spacial score (nSPS) is 14.7. The Bertz CT molecular complexity index is 2720. The lowest BCUT2D eigenvalue weighted by molar-refractivity contribution is -0.130. The number of aromatic carboxylic acids is 2. The molecule has 10 heteroatoms. The average Bonchev–Trinajstić information content (AvgIpc) is 3.30. The van der Waals surface area contributed by atoms with Crippen molar-refractivity contribution < 1.29 is 29.4 Å². The highest BCUT2D eigenvalue weighted by atomic mass is 28.3. The molecule has 8 nitrogen and oxygen atoms in total. The van der Waals surface area contributed by atoms with Crippen LogP contribution in [-0.2, 0) is 9.59 Å². The number of anilines is 2. The van der Waals surface area contributed by atoms with Crippen molar-refractivity contribution in [2.75, 3.05) is 10.6 Å². The van der Waals surface area contributed by atoms with Crippen LogP contribution in [0.2, 0.25) is 39.3 Å². The predicted molar refractivity (Wildman–Crippen MR) is 272 cm³/mol. The second-order valence-corrected chi connectivity index (χ2v) is 28.4. The minimum Gasteiger partial charge on any atom is -0.478 e. The van der Waals surface area contributed by atoms with Gasteiger partial charge in [0, 0.05) is 34.3 Å². The summed E-state index contributed by atoms with van der Waals surface area (Å²) in [4.78, 5) is 53.1. The van der Waals surface area contributed by atoms with Crippen LogP contribution in [0.5, 0.6) is 0 Å². The smallest absolute Gasteiger partial charge is 0.336 e. The largest absolute Gasteiger partial charge is 0.478 e. The molecule has 2 atom stereocenters. The molecule has 332 valence electrons. The van der Waals surface area contributed by atoms with Crippen molar-refractivity contribution in [3.8, 4) is 67.4 Å². The van der Waals surface area contributed by atoms with E-state index in [9.17, 15) is 29.4 Å². The van der Waals surface area contributed by atoms with E-state index in [0.29, 0.717) is 57.6 Å². The SMILES string of the molecule is C[Si](C)(C)C#Cc1ccc(-c2cccc(-c3ccc(NC(=O)C4CCCCC4C(=O)Nc4ccc(-c5cccc(-c6ccc(C#C[Si](C)(C)C)cc6)c5C(=O)O)cc4)cc3)c2C(=O)O)cc1. The van der Waals surface area contributed by atoms with Crippen LogP contribution < -0.4 is 10.6 Å². The van der Waals surface area contributed by atoms with Gasteiger partial charge in [0.2, 0.25) is 11.8 Å². The van der Waals surface area contributed by atoms with E-state index in [-0.39, 0.29) is 22.9 Å². The van der Waals surface area contributed by atoms with Gasteiger partial charge in [-0.1, -0.05) is 149 Å². The molecular formula is C56H54N2O6Si2. The van der Waals surface area contributed by atoms with Gasteiger partial charge < -0.3 is 20.8 Å². The summed E-state index contributed by atoms with van der Waals surface area (Å²) in [5.74, 6) is 2.80. The van der Waals surface area contributed by atoms with Crippen molar-refractivity contribution in [3.05, 3.63) is 156 Å². The highest BCUT2D eigenvalue weighted by Gasteiger charge is 2.36. The molecule has 2 amide bonds. The van der Waals surface area contributed by atoms with E-state index < -0.39 is 39.9 Å². The number of carbonyl (C=O) groups is 4. The number of carbonyl (C=O) groups excluding carboxylic acids is 2. The first-order valence-electron chi connectivity index (χ1n) is 22.3. The monoisotopic (exact) mass is 906 g/mol. The fourth-order valence-corrected chi connectivity index (χ4v) is 9.25. The van der Waals surface area contributed by atoms with Crippen molar-refractivity contribution in [2.45, 2.75) is 65.0 Å². The number of carboxylic acid groups (broad SMARTS) is 2. The lowest BCUT2D eigenvalue weighted by atomic mass is 9.78. The van der Waals surface area contributed by atoms with Crippen LogP contribution in [0.15, 0.2) is 133 Å². The lowest BCUT2D eigenvalue weighted by Crippen LogP contribution is -2.38. The molecule has 1 aliphatic rings. The average molecular weight is 907 g/mol. The highest BCUT2D eigenvalue weighted by molar-refractivity contribution is 6.84. The van der Waals surface area contributed by atoms with Gasteiger partial charge in [0.05, 0.1) is 11.1 Å². The summed E-state index contributed by atoms with van der Waals surface area (Å²) in [6.07, 6.45) is 2.76. The molecule has 7 rings (SSSR count). The predicted octanol–water partition coefficient (Wildman–Crippen LogP) is 12.6. The molecule has 1 saturated carbocycles. The van der Waals surface area contributed by atoms with Crippen LogP contribution in [-0.4, -0.2) is 50.1 Å². The molecule has 0 bridgehead atoms. The molecule has 0 saturated heterocycles. The Morgan fingerprint density at radius 3 is 1.02 bits per heavy atom. The number of amides is 2. The third-order valence-corrected chi connectivity index (χ3v) is 13.2. The molecule has 0 aromatic heterocycles. The molecule has 1 aliphatic carbocycles. The maximum absolute atomic E-state index is 13.8. The summed E-state index contributed by atoms with van der Waals surface area (Å²) in [6.45, 7) is 13.1. The first kappa shape index (κ1) is 46.7. The first-order valence-corrected chi connectivity index (χ1v) is 29.3. The Hall–Kier alpha value is -7.25. The standard InChI is InChI=1S/C56H54N2O6Si2/c1-65(2,3)35-33-37-17-21-39(22-18-37)45-13-9-15-47(51(45)55(61)62)41-25-29-43(30-26-41)57-53(59)49-11-7-8-12-50(49)54(60)58-44-31-27-42(28-32-44)48-16-10-14-46(52(48)56(63)64)40-23-19-38(20-24-40)34-36-66(4,5)6/h9-10,13-32,49-50H,7-8,11-12H2,1-6H3,(H,57,59)(H,58,60)(H,61,62)(H,63,64). The second kappa shape index (κ2) is 19.9. The van der Waals surface area contributed by atoms with E-state index in [1.807, 2.05) is 60.7 Å². The molecule has 0 radical (unpaired) electrons. The fraction of sp³-hybridized carbons (Fsp3) is 0.214. The number of hydrogen-bond acceptors (Lipinski definition) is 4. The Morgan fingerprint density at radius 2 is 0.742 bits per heavy atom. The molecule has 66 heavy (non-hydrogen) atoms. The van der Waals surface area contributed by atoms with Crippen molar-refractivity contribution in [1.82, 2.24) is 0 Å². The Balaban J connectivity index is 1.03. The molecule has 2 unspecified atom stereocenters. The molecule has 0 aliphatic heterocycles. The molecular weight excluding hydrogens is 853 g/mol. The summed E-state index contributed by atoms with van der Waals surface area (Å²) in [6, 6.07) is 40.3. The van der Waals surface area contributed by atoms with Crippen LogP contribution in [0.4, 0.5) is 11.4 Å². The fourth-order valence-electron chi connectivity index (χ4n) is 8.21. The van der Waals surface area contributed by atoms with E-state index in [1.54, 1.807) is 72.8 Å². The Labute approximate surface area is 389 Å². The number of carboxylic acids is 2. The molecule has 6 aromatic carbocycles. The van der Waals surface area contributed by atoms with Gasteiger partial charge in [-0.3, -0.25) is 9.59 Å². The molecule has 1 fully saturated rings. The van der Waals surface area contributed by atoms with E-state index in [1.165, 1.54) is 0 Å². The Kier molecular flexibility index (Phi) is 14.1.